The molecule has 0 radical (unpaired) electrons. The van der Waals surface area contributed by atoms with Gasteiger partial charge in [-0.1, -0.05) is 24.6 Å². The molecule has 2 aromatic carbocycles. The highest BCUT2D eigenvalue weighted by molar-refractivity contribution is 7.89. The molecule has 0 bridgehead atoms. The molecule has 3 rings (SSSR count). The van der Waals surface area contributed by atoms with Crippen LogP contribution in [0.4, 0.5) is 0 Å². The van der Waals surface area contributed by atoms with E-state index < -0.39 is 34.4 Å². The third-order valence-corrected chi connectivity index (χ3v) is 7.22. The summed E-state index contributed by atoms with van der Waals surface area (Å²) < 4.78 is 37.4. The summed E-state index contributed by atoms with van der Waals surface area (Å²) in [7, 11) is -2.33. The number of nitrogens with one attached hydrogen (secondary N) is 1. The molecule has 1 heterocycles. The molecule has 176 valence electrons. The molecule has 0 aromatic heterocycles. The lowest BCUT2D eigenvalue weighted by Crippen LogP contribution is -2.35. The maximum absolute atomic E-state index is 12.9. The average Bonchev–Trinajstić information content (AvgIpc) is 2.83. The molecule has 1 fully saturated rings. The van der Waals surface area contributed by atoms with Gasteiger partial charge in [0.25, 0.3) is 11.8 Å². The fraction of sp³-hybridized carbons (Fsp3) is 0.348. The minimum atomic E-state index is -3.73. The third-order valence-electron chi connectivity index (χ3n) is 5.32. The number of ether oxygens (including phenoxy) is 2. The van der Waals surface area contributed by atoms with Gasteiger partial charge in [0.05, 0.1) is 23.1 Å². The van der Waals surface area contributed by atoms with E-state index in [1.807, 2.05) is 0 Å². The van der Waals surface area contributed by atoms with Gasteiger partial charge in [-0.3, -0.25) is 14.9 Å². The second-order valence-corrected chi connectivity index (χ2v) is 9.53. The molecule has 9 nitrogen and oxygen atoms in total. The van der Waals surface area contributed by atoms with Crippen molar-refractivity contribution in [2.75, 3.05) is 26.8 Å². The van der Waals surface area contributed by atoms with E-state index in [1.54, 1.807) is 25.1 Å². The molecule has 10 heteroatoms. The number of rotatable bonds is 7. The summed E-state index contributed by atoms with van der Waals surface area (Å²) in [6, 6.07) is 10.6. The molecule has 0 unspecified atom stereocenters. The topological polar surface area (TPSA) is 119 Å². The van der Waals surface area contributed by atoms with Crippen molar-refractivity contribution in [1.29, 1.82) is 0 Å². The number of esters is 1. The van der Waals surface area contributed by atoms with Crippen LogP contribution < -0.4 is 10.1 Å². The average molecular weight is 475 g/mol. The van der Waals surface area contributed by atoms with Crippen LogP contribution in [0.25, 0.3) is 0 Å². The number of piperidine rings is 1. The molecular weight excluding hydrogens is 448 g/mol. The van der Waals surface area contributed by atoms with Gasteiger partial charge in [-0.25, -0.2) is 13.2 Å². The molecule has 1 aliphatic rings. The van der Waals surface area contributed by atoms with E-state index >= 15 is 0 Å². The second-order valence-electron chi connectivity index (χ2n) is 7.60. The summed E-state index contributed by atoms with van der Waals surface area (Å²) in [6.45, 7) is 1.81. The maximum Gasteiger partial charge on any atom is 0.338 e. The number of aryl methyl sites for hydroxylation is 1. The lowest BCUT2D eigenvalue weighted by atomic mass is 10.1. The number of imide groups is 1. The van der Waals surface area contributed by atoms with Crippen molar-refractivity contribution in [3.8, 4) is 5.75 Å². The van der Waals surface area contributed by atoms with Crippen molar-refractivity contribution in [3.05, 3.63) is 59.2 Å². The van der Waals surface area contributed by atoms with Crippen LogP contribution in [0, 0.1) is 6.92 Å². The van der Waals surface area contributed by atoms with Crippen molar-refractivity contribution in [2.24, 2.45) is 0 Å². The number of carbonyl (C=O) groups is 3. The first-order valence-electron chi connectivity index (χ1n) is 10.5. The summed E-state index contributed by atoms with van der Waals surface area (Å²) in [5.41, 5.74) is 0.700. The first-order chi connectivity index (χ1) is 15.7. The fourth-order valence-electron chi connectivity index (χ4n) is 3.51. The number of amides is 2. The normalized spacial score (nSPS) is 14.4. The van der Waals surface area contributed by atoms with Crippen LogP contribution in [0.5, 0.6) is 5.75 Å². The van der Waals surface area contributed by atoms with Crippen LogP contribution >= 0.6 is 0 Å². The van der Waals surface area contributed by atoms with Gasteiger partial charge in [0.1, 0.15) is 5.75 Å². The van der Waals surface area contributed by atoms with Crippen molar-refractivity contribution in [3.63, 3.8) is 0 Å². The summed E-state index contributed by atoms with van der Waals surface area (Å²) in [4.78, 5) is 37.0. The molecule has 0 atom stereocenters. The molecular formula is C23H26N2O7S. The summed E-state index contributed by atoms with van der Waals surface area (Å²) in [5, 5.41) is 2.13. The number of benzene rings is 2. The van der Waals surface area contributed by atoms with Crippen molar-refractivity contribution in [1.82, 2.24) is 9.62 Å². The van der Waals surface area contributed by atoms with Crippen LogP contribution in [-0.2, 0) is 19.6 Å². The Kier molecular flexibility index (Phi) is 7.83. The van der Waals surface area contributed by atoms with Gasteiger partial charge in [0.15, 0.2) is 6.61 Å². The number of hydrogen-bond acceptors (Lipinski definition) is 7. The van der Waals surface area contributed by atoms with Gasteiger partial charge in [0, 0.05) is 13.1 Å². The van der Waals surface area contributed by atoms with Gasteiger partial charge in [-0.05, 0) is 49.6 Å². The highest BCUT2D eigenvalue weighted by atomic mass is 32.2. The van der Waals surface area contributed by atoms with E-state index in [2.05, 4.69) is 5.32 Å². The highest BCUT2D eigenvalue weighted by Gasteiger charge is 2.27. The lowest BCUT2D eigenvalue weighted by Gasteiger charge is -2.26. The van der Waals surface area contributed by atoms with E-state index in [4.69, 9.17) is 9.47 Å². The molecule has 0 saturated carbocycles. The Labute approximate surface area is 192 Å². The molecule has 1 aliphatic heterocycles. The number of hydrogen-bond donors (Lipinski definition) is 1. The number of sulfonamides is 1. The van der Waals surface area contributed by atoms with Crippen LogP contribution in [-0.4, -0.2) is 57.3 Å². The monoisotopic (exact) mass is 474 g/mol. The molecule has 2 aromatic rings. The van der Waals surface area contributed by atoms with Crippen molar-refractivity contribution in [2.45, 2.75) is 31.1 Å². The van der Waals surface area contributed by atoms with Gasteiger partial charge in [-0.15, -0.1) is 0 Å². The Hall–Kier alpha value is -3.24. The molecule has 2 amide bonds. The Morgan fingerprint density at radius 3 is 2.39 bits per heavy atom. The predicted molar refractivity (Wildman–Crippen MR) is 120 cm³/mol. The van der Waals surface area contributed by atoms with Crippen LogP contribution in [0.15, 0.2) is 47.4 Å². The zero-order valence-electron chi connectivity index (χ0n) is 18.5. The Balaban J connectivity index is 1.66. The zero-order chi connectivity index (χ0) is 24.0. The lowest BCUT2D eigenvalue weighted by molar-refractivity contribution is -0.123. The zero-order valence-corrected chi connectivity index (χ0v) is 19.3. The minimum absolute atomic E-state index is 0.00208. The Morgan fingerprint density at radius 1 is 1.00 bits per heavy atom. The van der Waals surface area contributed by atoms with Gasteiger partial charge in [0.2, 0.25) is 10.0 Å². The molecule has 33 heavy (non-hydrogen) atoms. The standard InChI is InChI=1S/C23H26N2O7S/c1-16-10-11-17(33(29,30)25-12-6-3-7-13-25)14-19(16)23(28)32-15-21(26)24-22(27)18-8-4-5-9-20(18)31-2/h4-5,8-11,14H,3,6-7,12-13,15H2,1-2H3,(H,24,26,27). The fourth-order valence-corrected chi connectivity index (χ4v) is 5.05. The highest BCUT2D eigenvalue weighted by Crippen LogP contribution is 2.23. The first-order valence-corrected chi connectivity index (χ1v) is 11.9. The number of para-hydroxylation sites is 1. The Morgan fingerprint density at radius 2 is 1.70 bits per heavy atom. The van der Waals surface area contributed by atoms with Gasteiger partial charge < -0.3 is 9.47 Å². The third kappa shape index (κ3) is 5.77. The Bertz CT molecular complexity index is 1160. The maximum atomic E-state index is 12.9. The number of methoxy groups -OCH3 is 1. The number of carbonyl (C=O) groups excluding carboxylic acids is 3. The summed E-state index contributed by atoms with van der Waals surface area (Å²) in [6.07, 6.45) is 2.57. The summed E-state index contributed by atoms with van der Waals surface area (Å²) in [5.74, 6) is -2.08. The van der Waals surface area contributed by atoms with E-state index in [-0.39, 0.29) is 16.0 Å². The molecule has 0 spiro atoms. The SMILES string of the molecule is COc1ccccc1C(=O)NC(=O)COC(=O)c1cc(S(=O)(=O)N2CCCCC2)ccc1C. The van der Waals surface area contributed by atoms with Crippen molar-refractivity contribution < 1.29 is 32.3 Å². The minimum Gasteiger partial charge on any atom is -0.496 e. The van der Waals surface area contributed by atoms with Crippen LogP contribution in [0.3, 0.4) is 0 Å². The largest absolute Gasteiger partial charge is 0.496 e. The quantitative estimate of drug-likeness (QED) is 0.612. The smallest absolute Gasteiger partial charge is 0.338 e. The van der Waals surface area contributed by atoms with E-state index in [9.17, 15) is 22.8 Å². The second kappa shape index (κ2) is 10.6. The molecule has 1 saturated heterocycles. The van der Waals surface area contributed by atoms with E-state index in [1.165, 1.54) is 35.7 Å². The van der Waals surface area contributed by atoms with E-state index in [0.29, 0.717) is 24.4 Å². The molecule has 1 N–H and O–H groups in total. The predicted octanol–water partition coefficient (Wildman–Crippen LogP) is 2.29. The van der Waals surface area contributed by atoms with Crippen LogP contribution in [0.2, 0.25) is 0 Å². The molecule has 0 aliphatic carbocycles. The summed E-state index contributed by atoms with van der Waals surface area (Å²) >= 11 is 0. The van der Waals surface area contributed by atoms with Crippen molar-refractivity contribution >= 4 is 27.8 Å². The van der Waals surface area contributed by atoms with Gasteiger partial charge >= 0.3 is 5.97 Å². The van der Waals surface area contributed by atoms with Crippen LogP contribution in [0.1, 0.15) is 45.5 Å². The van der Waals surface area contributed by atoms with Gasteiger partial charge in [-0.2, -0.15) is 4.31 Å². The number of nitrogens with zero attached hydrogens (tertiary/aromatic N) is 1. The van der Waals surface area contributed by atoms with E-state index in [0.717, 1.165) is 19.3 Å². The first kappa shape index (κ1) is 24.4.